The highest BCUT2D eigenvalue weighted by Crippen LogP contribution is 2.26. The summed E-state index contributed by atoms with van der Waals surface area (Å²) in [6, 6.07) is 22.0. The van der Waals surface area contributed by atoms with Gasteiger partial charge in [0.15, 0.2) is 0 Å². The zero-order chi connectivity index (χ0) is 28.6. The molecule has 0 saturated heterocycles. The first-order valence-electron chi connectivity index (χ1n) is 13.4. The topological polar surface area (TPSA) is 86.8 Å². The highest BCUT2D eigenvalue weighted by atomic mass is 32.2. The fourth-order valence-electron chi connectivity index (χ4n) is 4.36. The Kier molecular flexibility index (Phi) is 10.3. The normalized spacial score (nSPS) is 12.8. The van der Waals surface area contributed by atoms with Crippen LogP contribution in [0.3, 0.4) is 0 Å². The van der Waals surface area contributed by atoms with Crippen molar-refractivity contribution in [3.8, 4) is 0 Å². The van der Waals surface area contributed by atoms with Crippen molar-refractivity contribution in [1.82, 2.24) is 10.2 Å². The summed E-state index contributed by atoms with van der Waals surface area (Å²) in [5.41, 5.74) is 3.14. The van der Waals surface area contributed by atoms with E-state index >= 15 is 0 Å². The molecule has 39 heavy (non-hydrogen) atoms. The molecule has 0 aliphatic heterocycles. The average Bonchev–Trinajstić information content (AvgIpc) is 2.92. The molecule has 3 aromatic rings. The van der Waals surface area contributed by atoms with Gasteiger partial charge in [0, 0.05) is 12.6 Å². The molecule has 0 aliphatic carbocycles. The number of nitrogens with one attached hydrogen (secondary N) is 1. The molecule has 0 aromatic heterocycles. The highest BCUT2D eigenvalue weighted by Gasteiger charge is 2.34. The smallest absolute Gasteiger partial charge is 0.264 e. The fraction of sp³-hybridized carbons (Fsp3) is 0.355. The minimum absolute atomic E-state index is 0.0517. The number of hydrogen-bond donors (Lipinski definition) is 1. The number of rotatable bonds is 12. The Hall–Kier alpha value is -3.65. The highest BCUT2D eigenvalue weighted by molar-refractivity contribution is 7.92. The van der Waals surface area contributed by atoms with Gasteiger partial charge in [-0.2, -0.15) is 0 Å². The Balaban J connectivity index is 2.06. The Morgan fingerprint density at radius 2 is 1.54 bits per heavy atom. The predicted octanol–water partition coefficient (Wildman–Crippen LogP) is 5.22. The van der Waals surface area contributed by atoms with Crippen LogP contribution < -0.4 is 9.62 Å². The van der Waals surface area contributed by atoms with Gasteiger partial charge in [-0.25, -0.2) is 8.42 Å². The average molecular weight is 550 g/mol. The summed E-state index contributed by atoms with van der Waals surface area (Å²) in [4.78, 5) is 29.1. The van der Waals surface area contributed by atoms with Crippen LogP contribution >= 0.6 is 0 Å². The van der Waals surface area contributed by atoms with Gasteiger partial charge in [0.2, 0.25) is 11.8 Å². The molecule has 0 saturated carbocycles. The molecule has 1 N–H and O–H groups in total. The van der Waals surface area contributed by atoms with Crippen molar-refractivity contribution in [2.24, 2.45) is 0 Å². The molecule has 0 radical (unpaired) electrons. The maximum absolute atomic E-state index is 14.1. The van der Waals surface area contributed by atoms with E-state index in [0.29, 0.717) is 12.1 Å². The second kappa shape index (κ2) is 13.4. The van der Waals surface area contributed by atoms with E-state index in [0.717, 1.165) is 27.4 Å². The van der Waals surface area contributed by atoms with E-state index in [9.17, 15) is 18.0 Å². The molecular formula is C31H39N3O4S. The van der Waals surface area contributed by atoms with Crippen LogP contribution in [-0.2, 0) is 26.2 Å². The third-order valence-electron chi connectivity index (χ3n) is 6.89. The zero-order valence-electron chi connectivity index (χ0n) is 23.4. The fourth-order valence-corrected chi connectivity index (χ4v) is 5.79. The number of carbonyl (C=O) groups excluding carboxylic acids is 2. The number of anilines is 1. The third kappa shape index (κ3) is 7.47. The molecule has 0 fully saturated rings. The van der Waals surface area contributed by atoms with Crippen molar-refractivity contribution in [3.63, 3.8) is 0 Å². The van der Waals surface area contributed by atoms with Crippen LogP contribution in [0.1, 0.15) is 50.3 Å². The molecular weight excluding hydrogens is 510 g/mol. The van der Waals surface area contributed by atoms with Gasteiger partial charge in [0.05, 0.1) is 10.6 Å². The molecule has 2 atom stereocenters. The van der Waals surface area contributed by atoms with Crippen molar-refractivity contribution in [1.29, 1.82) is 0 Å². The first kappa shape index (κ1) is 29.9. The molecule has 8 heteroatoms. The standard InChI is InChI=1S/C31H39N3O4S/c1-6-25(5)32-31(36)29(7-2)33(21-26-16-12-11-15-24(26)4)30(35)22-34(27-17-13-14-23(3)20-27)39(37,38)28-18-9-8-10-19-28/h8-20,25,29H,6-7,21-22H2,1-5H3,(H,32,36)/t25-,29+/m0/s1. The Morgan fingerprint density at radius 3 is 2.15 bits per heavy atom. The van der Waals surface area contributed by atoms with Crippen molar-refractivity contribution < 1.29 is 18.0 Å². The number of hydrogen-bond acceptors (Lipinski definition) is 4. The summed E-state index contributed by atoms with van der Waals surface area (Å²) in [5, 5.41) is 3.00. The Morgan fingerprint density at radius 1 is 0.872 bits per heavy atom. The monoisotopic (exact) mass is 549 g/mol. The van der Waals surface area contributed by atoms with Crippen LogP contribution in [0.15, 0.2) is 83.8 Å². The summed E-state index contributed by atoms with van der Waals surface area (Å²) in [5.74, 6) is -0.702. The minimum atomic E-state index is -4.07. The molecule has 7 nitrogen and oxygen atoms in total. The van der Waals surface area contributed by atoms with Gasteiger partial charge >= 0.3 is 0 Å². The molecule has 0 heterocycles. The largest absolute Gasteiger partial charge is 0.352 e. The van der Waals surface area contributed by atoms with Gasteiger partial charge in [0.25, 0.3) is 10.0 Å². The maximum Gasteiger partial charge on any atom is 0.264 e. The Bertz CT molecular complexity index is 1380. The number of benzene rings is 3. The summed E-state index contributed by atoms with van der Waals surface area (Å²) in [7, 11) is -4.07. The van der Waals surface area contributed by atoms with E-state index in [4.69, 9.17) is 0 Å². The van der Waals surface area contributed by atoms with Crippen LogP contribution in [0.25, 0.3) is 0 Å². The number of amides is 2. The van der Waals surface area contributed by atoms with E-state index in [1.165, 1.54) is 17.0 Å². The number of sulfonamides is 1. The van der Waals surface area contributed by atoms with Crippen LogP contribution in [0.2, 0.25) is 0 Å². The predicted molar refractivity (Wildman–Crippen MR) is 156 cm³/mol. The van der Waals surface area contributed by atoms with Gasteiger partial charge in [-0.1, -0.05) is 68.4 Å². The van der Waals surface area contributed by atoms with Gasteiger partial charge in [-0.05, 0) is 74.6 Å². The van der Waals surface area contributed by atoms with E-state index in [-0.39, 0.29) is 23.4 Å². The van der Waals surface area contributed by atoms with E-state index < -0.39 is 28.5 Å². The number of aryl methyl sites for hydroxylation is 2. The molecule has 0 spiro atoms. The van der Waals surface area contributed by atoms with Gasteiger partial charge < -0.3 is 10.2 Å². The molecule has 2 amide bonds. The lowest BCUT2D eigenvalue weighted by atomic mass is 10.1. The minimum Gasteiger partial charge on any atom is -0.352 e. The molecule has 0 bridgehead atoms. The van der Waals surface area contributed by atoms with Gasteiger partial charge in [0.1, 0.15) is 12.6 Å². The lowest BCUT2D eigenvalue weighted by Crippen LogP contribution is -2.53. The second-order valence-electron chi connectivity index (χ2n) is 9.85. The van der Waals surface area contributed by atoms with Crippen LogP contribution in [-0.4, -0.2) is 43.8 Å². The van der Waals surface area contributed by atoms with E-state index in [1.807, 2.05) is 65.0 Å². The first-order valence-corrected chi connectivity index (χ1v) is 14.8. The van der Waals surface area contributed by atoms with E-state index in [2.05, 4.69) is 5.32 Å². The molecule has 208 valence electrons. The number of carbonyl (C=O) groups is 2. The molecule has 3 rings (SSSR count). The summed E-state index contributed by atoms with van der Waals surface area (Å²) < 4.78 is 28.8. The molecule has 0 aliphatic rings. The van der Waals surface area contributed by atoms with Crippen LogP contribution in [0, 0.1) is 13.8 Å². The molecule has 0 unspecified atom stereocenters. The Labute approximate surface area is 232 Å². The zero-order valence-corrected chi connectivity index (χ0v) is 24.2. The number of nitrogens with zero attached hydrogens (tertiary/aromatic N) is 2. The van der Waals surface area contributed by atoms with Crippen molar-refractivity contribution >= 4 is 27.5 Å². The summed E-state index contributed by atoms with van der Waals surface area (Å²) in [6.07, 6.45) is 1.14. The van der Waals surface area contributed by atoms with Crippen LogP contribution in [0.5, 0.6) is 0 Å². The van der Waals surface area contributed by atoms with Crippen LogP contribution in [0.4, 0.5) is 5.69 Å². The SMILES string of the molecule is CC[C@H](C(=O)N[C@@H](C)CC)N(Cc1ccccc1C)C(=O)CN(c1cccc(C)c1)S(=O)(=O)c1ccccc1. The maximum atomic E-state index is 14.1. The van der Waals surface area contributed by atoms with Gasteiger partial charge in [-0.15, -0.1) is 0 Å². The van der Waals surface area contributed by atoms with Crippen molar-refractivity contribution in [2.75, 3.05) is 10.8 Å². The summed E-state index contributed by atoms with van der Waals surface area (Å²) >= 11 is 0. The third-order valence-corrected chi connectivity index (χ3v) is 8.68. The van der Waals surface area contributed by atoms with Crippen molar-refractivity contribution in [2.45, 2.75) is 71.0 Å². The summed E-state index contributed by atoms with van der Waals surface area (Å²) in [6.45, 7) is 9.33. The lowest BCUT2D eigenvalue weighted by molar-refractivity contribution is -0.140. The lowest BCUT2D eigenvalue weighted by Gasteiger charge is -2.34. The van der Waals surface area contributed by atoms with Gasteiger partial charge in [-0.3, -0.25) is 13.9 Å². The molecule has 3 aromatic carbocycles. The second-order valence-corrected chi connectivity index (χ2v) is 11.7. The first-order chi connectivity index (χ1) is 18.6. The quantitative estimate of drug-likeness (QED) is 0.336. The van der Waals surface area contributed by atoms with Crippen molar-refractivity contribution in [3.05, 3.63) is 95.6 Å². The van der Waals surface area contributed by atoms with E-state index in [1.54, 1.807) is 36.4 Å².